The number of amidine groups is 1. The Kier molecular flexibility index (Phi) is 4.44. The first kappa shape index (κ1) is 17.7. The van der Waals surface area contributed by atoms with E-state index >= 15 is 0 Å². The molecule has 0 spiro atoms. The van der Waals surface area contributed by atoms with E-state index < -0.39 is 0 Å². The fourth-order valence-electron chi connectivity index (χ4n) is 3.36. The molecule has 1 N–H and O–H groups in total. The second kappa shape index (κ2) is 7.25. The molecule has 3 aromatic rings. The zero-order valence-corrected chi connectivity index (χ0v) is 16.8. The summed E-state index contributed by atoms with van der Waals surface area (Å²) in [5.41, 5.74) is 4.47. The molecule has 9 heteroatoms. The highest BCUT2D eigenvalue weighted by atomic mass is 32.1. The van der Waals surface area contributed by atoms with Gasteiger partial charge in [-0.05, 0) is 42.7 Å². The molecule has 0 aromatic carbocycles. The minimum atomic E-state index is 0.125. The minimum Gasteiger partial charge on any atom is -0.495 e. The lowest BCUT2D eigenvalue weighted by Crippen LogP contribution is -2.38. The van der Waals surface area contributed by atoms with Gasteiger partial charge >= 0.3 is 0 Å². The summed E-state index contributed by atoms with van der Waals surface area (Å²) >= 11 is 1.47. The fraction of sp³-hybridized carbons (Fsp3) is 0.250. The van der Waals surface area contributed by atoms with Crippen molar-refractivity contribution in [1.82, 2.24) is 19.4 Å². The van der Waals surface area contributed by atoms with Crippen molar-refractivity contribution in [2.75, 3.05) is 25.5 Å². The van der Waals surface area contributed by atoms with Crippen LogP contribution in [0.15, 0.2) is 52.8 Å². The second-order valence-corrected chi connectivity index (χ2v) is 7.64. The molecule has 2 aliphatic heterocycles. The molecule has 1 unspecified atom stereocenters. The normalized spacial score (nSPS) is 17.9. The summed E-state index contributed by atoms with van der Waals surface area (Å²) in [7, 11) is 1.62. The van der Waals surface area contributed by atoms with Gasteiger partial charge in [0.05, 0.1) is 47.7 Å². The van der Waals surface area contributed by atoms with Gasteiger partial charge in [0, 0.05) is 18.8 Å². The molecule has 2 aliphatic rings. The average Bonchev–Trinajstić information content (AvgIpc) is 3.37. The summed E-state index contributed by atoms with van der Waals surface area (Å²) < 4.78 is 9.60. The summed E-state index contributed by atoms with van der Waals surface area (Å²) in [5.74, 6) is 1.58. The number of methoxy groups -OCH3 is 1. The third-order valence-electron chi connectivity index (χ3n) is 4.85. The standard InChI is InChI=1S/C20H19N7OS/c1-12-7-18(29-26-12)15-3-4-19-23-10-13(27(19)25-15)9-22-16-5-6-21-17-8-14(28-2)11-24-20(16)17/h3-8,11,13H,9-10H2,1-2H3,(H,21,22). The number of fused-ring (bicyclic) bond motifs is 2. The van der Waals surface area contributed by atoms with Crippen LogP contribution in [0.5, 0.6) is 5.75 Å². The number of ether oxygens (including phenoxy) is 1. The van der Waals surface area contributed by atoms with Crippen LogP contribution in [0.25, 0.3) is 11.0 Å². The van der Waals surface area contributed by atoms with Gasteiger partial charge in [0.25, 0.3) is 0 Å². The number of hydrogen-bond acceptors (Lipinski definition) is 9. The monoisotopic (exact) mass is 405 g/mol. The third kappa shape index (κ3) is 3.33. The van der Waals surface area contributed by atoms with Crippen LogP contribution in [-0.2, 0) is 0 Å². The summed E-state index contributed by atoms with van der Waals surface area (Å²) in [5, 5.41) is 10.3. The number of allylic oxidation sites excluding steroid dienone is 1. The van der Waals surface area contributed by atoms with Crippen molar-refractivity contribution in [3.8, 4) is 5.75 Å². The molecule has 5 rings (SSSR count). The Morgan fingerprint density at radius 2 is 2.21 bits per heavy atom. The van der Waals surface area contributed by atoms with Crippen LogP contribution in [0.1, 0.15) is 10.6 Å². The predicted octanol–water partition coefficient (Wildman–Crippen LogP) is 2.87. The Labute approximate surface area is 171 Å². The minimum absolute atomic E-state index is 0.125. The van der Waals surface area contributed by atoms with Gasteiger partial charge in [0.2, 0.25) is 0 Å². The number of hydrazone groups is 1. The lowest BCUT2D eigenvalue weighted by Gasteiger charge is -2.25. The van der Waals surface area contributed by atoms with E-state index in [1.54, 1.807) is 19.5 Å². The van der Waals surface area contributed by atoms with Crippen LogP contribution < -0.4 is 10.1 Å². The Morgan fingerprint density at radius 1 is 1.28 bits per heavy atom. The number of nitrogens with zero attached hydrogens (tertiary/aromatic N) is 6. The first-order valence-corrected chi connectivity index (χ1v) is 10.1. The van der Waals surface area contributed by atoms with Crippen molar-refractivity contribution >= 4 is 39.8 Å². The highest BCUT2D eigenvalue weighted by Crippen LogP contribution is 2.24. The van der Waals surface area contributed by atoms with E-state index in [4.69, 9.17) is 9.84 Å². The fourth-order valence-corrected chi connectivity index (χ4v) is 4.08. The third-order valence-corrected chi connectivity index (χ3v) is 5.75. The lowest BCUT2D eigenvalue weighted by molar-refractivity contribution is 0.373. The number of hydrogen-bond donors (Lipinski definition) is 1. The van der Waals surface area contributed by atoms with Crippen LogP contribution in [0.4, 0.5) is 5.69 Å². The maximum absolute atomic E-state index is 5.24. The van der Waals surface area contributed by atoms with E-state index in [0.717, 1.165) is 38.8 Å². The Hall–Kier alpha value is -3.33. The molecular weight excluding hydrogens is 386 g/mol. The average molecular weight is 405 g/mol. The zero-order valence-electron chi connectivity index (χ0n) is 16.0. The summed E-state index contributed by atoms with van der Waals surface area (Å²) in [4.78, 5) is 14.6. The van der Waals surface area contributed by atoms with E-state index in [1.165, 1.54) is 11.5 Å². The largest absolute Gasteiger partial charge is 0.495 e. The summed E-state index contributed by atoms with van der Waals surface area (Å²) in [6.07, 6.45) is 7.50. The van der Waals surface area contributed by atoms with Gasteiger partial charge in [0.1, 0.15) is 22.8 Å². The van der Waals surface area contributed by atoms with Gasteiger partial charge in [-0.2, -0.15) is 9.47 Å². The lowest BCUT2D eigenvalue weighted by atomic mass is 10.2. The van der Waals surface area contributed by atoms with Gasteiger partial charge in [-0.3, -0.25) is 9.98 Å². The molecule has 0 amide bonds. The first-order chi connectivity index (χ1) is 14.2. The van der Waals surface area contributed by atoms with E-state index in [-0.39, 0.29) is 6.04 Å². The molecule has 3 aromatic heterocycles. The Balaban J connectivity index is 1.35. The summed E-state index contributed by atoms with van der Waals surface area (Å²) in [6, 6.07) is 6.00. The van der Waals surface area contributed by atoms with Crippen molar-refractivity contribution in [3.05, 3.63) is 53.3 Å². The molecule has 146 valence electrons. The number of anilines is 1. The first-order valence-electron chi connectivity index (χ1n) is 9.28. The number of aromatic nitrogens is 3. The van der Waals surface area contributed by atoms with Crippen LogP contribution in [0, 0.1) is 6.92 Å². The van der Waals surface area contributed by atoms with Gasteiger partial charge in [-0.25, -0.2) is 9.99 Å². The molecule has 0 aliphatic carbocycles. The SMILES string of the molecule is COc1cnc2c(NCC3CN=C4C=CC(c5cc(C)ns5)=NN43)ccnc2c1. The topological polar surface area (TPSA) is 87.9 Å². The Morgan fingerprint density at radius 3 is 3.03 bits per heavy atom. The van der Waals surface area contributed by atoms with Gasteiger partial charge < -0.3 is 10.1 Å². The van der Waals surface area contributed by atoms with Crippen LogP contribution in [0.2, 0.25) is 0 Å². The van der Waals surface area contributed by atoms with E-state index in [0.29, 0.717) is 18.8 Å². The Bertz CT molecular complexity index is 1170. The second-order valence-electron chi connectivity index (χ2n) is 6.83. The number of aliphatic imine (C=N–C) groups is 1. The van der Waals surface area contributed by atoms with Crippen LogP contribution in [-0.4, -0.2) is 57.1 Å². The van der Waals surface area contributed by atoms with Gasteiger partial charge in [-0.15, -0.1) is 0 Å². The van der Waals surface area contributed by atoms with Crippen LogP contribution >= 0.6 is 11.5 Å². The quantitative estimate of drug-likeness (QED) is 0.702. The molecule has 5 heterocycles. The smallest absolute Gasteiger partial charge is 0.144 e. The van der Waals surface area contributed by atoms with E-state index in [9.17, 15) is 0 Å². The van der Waals surface area contributed by atoms with Crippen molar-refractivity contribution in [2.24, 2.45) is 10.1 Å². The van der Waals surface area contributed by atoms with Crippen molar-refractivity contribution in [3.63, 3.8) is 0 Å². The molecule has 0 saturated carbocycles. The highest BCUT2D eigenvalue weighted by molar-refractivity contribution is 7.08. The van der Waals surface area contributed by atoms with E-state index in [1.807, 2.05) is 36.2 Å². The molecule has 0 radical (unpaired) electrons. The van der Waals surface area contributed by atoms with Crippen molar-refractivity contribution in [2.45, 2.75) is 13.0 Å². The maximum atomic E-state index is 5.24. The number of pyridine rings is 2. The van der Waals surface area contributed by atoms with E-state index in [2.05, 4.69) is 30.7 Å². The molecule has 0 saturated heterocycles. The highest BCUT2D eigenvalue weighted by Gasteiger charge is 2.29. The maximum Gasteiger partial charge on any atom is 0.144 e. The molecule has 0 fully saturated rings. The summed E-state index contributed by atoms with van der Waals surface area (Å²) in [6.45, 7) is 3.37. The molecule has 8 nitrogen and oxygen atoms in total. The zero-order chi connectivity index (χ0) is 19.8. The van der Waals surface area contributed by atoms with Gasteiger partial charge in [-0.1, -0.05) is 0 Å². The van der Waals surface area contributed by atoms with Crippen LogP contribution in [0.3, 0.4) is 0 Å². The molecule has 0 bridgehead atoms. The predicted molar refractivity (Wildman–Crippen MR) is 115 cm³/mol. The van der Waals surface area contributed by atoms with Crippen molar-refractivity contribution in [1.29, 1.82) is 0 Å². The number of rotatable bonds is 5. The molecule has 1 atom stereocenters. The molecule has 29 heavy (non-hydrogen) atoms. The number of nitrogens with one attached hydrogen (secondary N) is 1. The number of aryl methyl sites for hydroxylation is 1. The van der Waals surface area contributed by atoms with Gasteiger partial charge in [0.15, 0.2) is 0 Å². The molecular formula is C20H19N7OS. The van der Waals surface area contributed by atoms with Crippen molar-refractivity contribution < 1.29 is 4.74 Å².